The Morgan fingerprint density at radius 1 is 1.58 bits per heavy atom. The maximum atomic E-state index is 11.4. The predicted octanol–water partition coefficient (Wildman–Crippen LogP) is 2.09. The summed E-state index contributed by atoms with van der Waals surface area (Å²) in [5, 5.41) is 0. The SMILES string of the molecule is CCOCC(=O)C1=CCCCC1. The molecule has 0 unspecified atom stereocenters. The molecule has 0 bridgehead atoms. The molecule has 2 nitrogen and oxygen atoms in total. The molecule has 0 N–H and O–H groups in total. The van der Waals surface area contributed by atoms with Crippen molar-refractivity contribution in [3.63, 3.8) is 0 Å². The number of allylic oxidation sites excluding steroid dienone is 1. The van der Waals surface area contributed by atoms with E-state index in [0.717, 1.165) is 24.8 Å². The van der Waals surface area contributed by atoms with Gasteiger partial charge in [0.25, 0.3) is 0 Å². The maximum absolute atomic E-state index is 11.4. The van der Waals surface area contributed by atoms with Crippen molar-refractivity contribution in [3.8, 4) is 0 Å². The van der Waals surface area contributed by atoms with Gasteiger partial charge in [0.15, 0.2) is 5.78 Å². The minimum Gasteiger partial charge on any atom is -0.374 e. The van der Waals surface area contributed by atoms with Gasteiger partial charge in [-0.25, -0.2) is 0 Å². The molecule has 0 aliphatic heterocycles. The molecule has 0 aromatic rings. The standard InChI is InChI=1S/C10H16O2/c1-2-12-8-10(11)9-6-4-3-5-7-9/h6H,2-5,7-8H2,1H3. The monoisotopic (exact) mass is 168 g/mol. The van der Waals surface area contributed by atoms with Crippen molar-refractivity contribution in [2.75, 3.05) is 13.2 Å². The molecule has 0 saturated carbocycles. The van der Waals surface area contributed by atoms with E-state index in [1.165, 1.54) is 6.42 Å². The summed E-state index contributed by atoms with van der Waals surface area (Å²) in [6.45, 7) is 2.80. The van der Waals surface area contributed by atoms with E-state index in [-0.39, 0.29) is 12.4 Å². The molecule has 0 aromatic heterocycles. The molecule has 0 radical (unpaired) electrons. The Morgan fingerprint density at radius 2 is 2.42 bits per heavy atom. The van der Waals surface area contributed by atoms with Crippen LogP contribution in [0.2, 0.25) is 0 Å². The molecule has 0 heterocycles. The Balaban J connectivity index is 2.35. The van der Waals surface area contributed by atoms with Crippen molar-refractivity contribution >= 4 is 5.78 Å². The number of ketones is 1. The van der Waals surface area contributed by atoms with Gasteiger partial charge in [-0.05, 0) is 38.2 Å². The van der Waals surface area contributed by atoms with Gasteiger partial charge in [-0.1, -0.05) is 6.08 Å². The van der Waals surface area contributed by atoms with Gasteiger partial charge in [-0.15, -0.1) is 0 Å². The van der Waals surface area contributed by atoms with E-state index in [0.29, 0.717) is 6.61 Å². The number of rotatable bonds is 4. The molecule has 0 spiro atoms. The van der Waals surface area contributed by atoms with Crippen molar-refractivity contribution < 1.29 is 9.53 Å². The second-order valence-electron chi connectivity index (χ2n) is 3.04. The highest BCUT2D eigenvalue weighted by Gasteiger charge is 2.11. The van der Waals surface area contributed by atoms with Gasteiger partial charge in [0.1, 0.15) is 6.61 Å². The topological polar surface area (TPSA) is 26.3 Å². The van der Waals surface area contributed by atoms with Crippen molar-refractivity contribution in [1.82, 2.24) is 0 Å². The first kappa shape index (κ1) is 9.46. The zero-order chi connectivity index (χ0) is 8.81. The van der Waals surface area contributed by atoms with Crippen LogP contribution in [-0.4, -0.2) is 19.0 Å². The van der Waals surface area contributed by atoms with Crippen LogP contribution in [0.5, 0.6) is 0 Å². The van der Waals surface area contributed by atoms with Gasteiger partial charge in [0.2, 0.25) is 0 Å². The zero-order valence-corrected chi connectivity index (χ0v) is 7.64. The summed E-state index contributed by atoms with van der Waals surface area (Å²) in [5.41, 5.74) is 0.981. The van der Waals surface area contributed by atoms with E-state index in [2.05, 4.69) is 6.08 Å². The molecule has 0 fully saturated rings. The van der Waals surface area contributed by atoms with E-state index in [1.807, 2.05) is 6.92 Å². The molecule has 0 aromatic carbocycles. The van der Waals surface area contributed by atoms with Crippen LogP contribution in [-0.2, 0) is 9.53 Å². The average molecular weight is 168 g/mol. The Morgan fingerprint density at radius 3 is 3.00 bits per heavy atom. The van der Waals surface area contributed by atoms with Crippen molar-refractivity contribution in [1.29, 1.82) is 0 Å². The van der Waals surface area contributed by atoms with E-state index < -0.39 is 0 Å². The molecule has 12 heavy (non-hydrogen) atoms. The average Bonchev–Trinajstić information content (AvgIpc) is 2.15. The van der Waals surface area contributed by atoms with Crippen LogP contribution in [0.3, 0.4) is 0 Å². The summed E-state index contributed by atoms with van der Waals surface area (Å²) in [7, 11) is 0. The van der Waals surface area contributed by atoms with Crippen LogP contribution in [0.25, 0.3) is 0 Å². The highest BCUT2D eigenvalue weighted by molar-refractivity contribution is 5.96. The van der Waals surface area contributed by atoms with E-state index in [9.17, 15) is 4.79 Å². The summed E-state index contributed by atoms with van der Waals surface area (Å²) in [6.07, 6.45) is 6.46. The number of Topliss-reactive ketones (excluding diaryl/α,β-unsaturated/α-hetero) is 1. The Labute approximate surface area is 73.6 Å². The van der Waals surface area contributed by atoms with E-state index >= 15 is 0 Å². The molecule has 68 valence electrons. The summed E-state index contributed by atoms with van der Waals surface area (Å²) < 4.78 is 5.06. The molecule has 0 saturated heterocycles. The molecule has 0 atom stereocenters. The lowest BCUT2D eigenvalue weighted by atomic mass is 9.97. The first-order chi connectivity index (χ1) is 5.84. The van der Waals surface area contributed by atoms with Crippen molar-refractivity contribution in [2.24, 2.45) is 0 Å². The number of carbonyl (C=O) groups excluding carboxylic acids is 1. The number of carbonyl (C=O) groups is 1. The normalized spacial score (nSPS) is 17.2. The summed E-state index contributed by atoms with van der Waals surface area (Å²) in [5.74, 6) is 0.177. The first-order valence-electron chi connectivity index (χ1n) is 4.64. The quantitative estimate of drug-likeness (QED) is 0.642. The highest BCUT2D eigenvalue weighted by Crippen LogP contribution is 2.17. The predicted molar refractivity (Wildman–Crippen MR) is 48.1 cm³/mol. The van der Waals surface area contributed by atoms with Gasteiger partial charge >= 0.3 is 0 Å². The number of hydrogen-bond donors (Lipinski definition) is 0. The van der Waals surface area contributed by atoms with Gasteiger partial charge in [-0.2, -0.15) is 0 Å². The van der Waals surface area contributed by atoms with Crippen LogP contribution < -0.4 is 0 Å². The Bertz CT molecular complexity index is 182. The van der Waals surface area contributed by atoms with Crippen molar-refractivity contribution in [3.05, 3.63) is 11.6 Å². The fourth-order valence-corrected chi connectivity index (χ4v) is 1.38. The second kappa shape index (κ2) is 5.09. The number of ether oxygens (including phenoxy) is 1. The number of hydrogen-bond acceptors (Lipinski definition) is 2. The fourth-order valence-electron chi connectivity index (χ4n) is 1.38. The van der Waals surface area contributed by atoms with Crippen LogP contribution >= 0.6 is 0 Å². The Kier molecular flexibility index (Phi) is 4.01. The third kappa shape index (κ3) is 2.78. The fraction of sp³-hybridized carbons (Fsp3) is 0.700. The van der Waals surface area contributed by atoms with Gasteiger partial charge in [0, 0.05) is 6.61 Å². The van der Waals surface area contributed by atoms with Gasteiger partial charge in [-0.3, -0.25) is 4.79 Å². The highest BCUT2D eigenvalue weighted by atomic mass is 16.5. The molecule has 0 amide bonds. The summed E-state index contributed by atoms with van der Waals surface area (Å²) in [6, 6.07) is 0. The third-order valence-corrected chi connectivity index (χ3v) is 2.09. The van der Waals surface area contributed by atoms with E-state index in [1.54, 1.807) is 0 Å². The van der Waals surface area contributed by atoms with Crippen molar-refractivity contribution in [2.45, 2.75) is 32.6 Å². The lowest BCUT2D eigenvalue weighted by Crippen LogP contribution is -2.12. The molecule has 2 heteroatoms. The molecule has 1 rings (SSSR count). The minimum absolute atomic E-state index is 0.177. The van der Waals surface area contributed by atoms with Crippen LogP contribution in [0, 0.1) is 0 Å². The molecular weight excluding hydrogens is 152 g/mol. The zero-order valence-electron chi connectivity index (χ0n) is 7.64. The molecule has 1 aliphatic carbocycles. The lowest BCUT2D eigenvalue weighted by Gasteiger charge is -2.10. The van der Waals surface area contributed by atoms with Gasteiger partial charge in [0.05, 0.1) is 0 Å². The van der Waals surface area contributed by atoms with Crippen LogP contribution in [0.1, 0.15) is 32.6 Å². The lowest BCUT2D eigenvalue weighted by molar-refractivity contribution is -0.120. The Hall–Kier alpha value is -0.630. The first-order valence-corrected chi connectivity index (χ1v) is 4.64. The molecular formula is C10H16O2. The maximum Gasteiger partial charge on any atom is 0.184 e. The third-order valence-electron chi connectivity index (χ3n) is 2.09. The minimum atomic E-state index is 0.177. The second-order valence-corrected chi connectivity index (χ2v) is 3.04. The van der Waals surface area contributed by atoms with Crippen LogP contribution in [0.15, 0.2) is 11.6 Å². The summed E-state index contributed by atoms with van der Waals surface area (Å²) in [4.78, 5) is 11.4. The largest absolute Gasteiger partial charge is 0.374 e. The van der Waals surface area contributed by atoms with E-state index in [4.69, 9.17) is 4.74 Å². The molecule has 1 aliphatic rings. The van der Waals surface area contributed by atoms with Crippen LogP contribution in [0.4, 0.5) is 0 Å². The summed E-state index contributed by atoms with van der Waals surface area (Å²) >= 11 is 0. The smallest absolute Gasteiger partial charge is 0.184 e. The van der Waals surface area contributed by atoms with Gasteiger partial charge < -0.3 is 4.74 Å².